The van der Waals surface area contributed by atoms with E-state index in [0.717, 1.165) is 12.8 Å². The fraction of sp³-hybridized carbons (Fsp3) is 0.556. The molecule has 220 valence electrons. The van der Waals surface area contributed by atoms with E-state index in [1.807, 2.05) is 13.8 Å². The van der Waals surface area contributed by atoms with Crippen molar-refractivity contribution in [1.82, 2.24) is 24.1 Å². The third kappa shape index (κ3) is 7.46. The second-order valence-electron chi connectivity index (χ2n) is 9.38. The number of rotatable bonds is 16. The molecule has 0 aliphatic carbocycles. The summed E-state index contributed by atoms with van der Waals surface area (Å²) >= 11 is 0. The van der Waals surface area contributed by atoms with Crippen molar-refractivity contribution >= 4 is 27.0 Å². The predicted octanol–water partition coefficient (Wildman–Crippen LogP) is 3.05. The standard InChI is InChI=1S/C27H39N5O7S/c1-6-10-22-24-25(31(4)30-22)27(34)29-26(28-24)21-18-20(11-12-23(21)39-15-7-2)40(35,36)32(13-8-16-37-5)14-9-17-38-19(3)33/h11-12,18H,6-10,13-17H2,1-5H3,(H,28,29,34). The van der Waals surface area contributed by atoms with E-state index in [4.69, 9.17) is 19.2 Å². The summed E-state index contributed by atoms with van der Waals surface area (Å²) in [5.74, 6) is 0.187. The summed E-state index contributed by atoms with van der Waals surface area (Å²) in [5, 5.41) is 4.47. The molecule has 3 rings (SSSR count). The number of H-pyrrole nitrogens is 1. The molecule has 0 saturated carbocycles. The lowest BCUT2D eigenvalue weighted by Gasteiger charge is -2.23. The van der Waals surface area contributed by atoms with Crippen LogP contribution < -0.4 is 10.3 Å². The molecule has 2 heterocycles. The number of fused-ring (bicyclic) bond motifs is 1. The largest absolute Gasteiger partial charge is 0.493 e. The number of esters is 1. The second kappa shape index (κ2) is 14.4. The van der Waals surface area contributed by atoms with Crippen molar-refractivity contribution in [3.05, 3.63) is 34.2 Å². The number of aromatic nitrogens is 4. The van der Waals surface area contributed by atoms with Gasteiger partial charge in [0.1, 0.15) is 17.1 Å². The van der Waals surface area contributed by atoms with Crippen molar-refractivity contribution in [2.75, 3.05) is 40.0 Å². The van der Waals surface area contributed by atoms with Gasteiger partial charge in [-0.1, -0.05) is 20.3 Å². The Morgan fingerprint density at radius 2 is 1.82 bits per heavy atom. The molecule has 0 atom stereocenters. The van der Waals surface area contributed by atoms with Crippen molar-refractivity contribution in [1.29, 1.82) is 0 Å². The van der Waals surface area contributed by atoms with Crippen molar-refractivity contribution in [2.45, 2.75) is 57.8 Å². The van der Waals surface area contributed by atoms with Crippen LogP contribution in [0.3, 0.4) is 0 Å². The Morgan fingerprint density at radius 3 is 2.48 bits per heavy atom. The number of hydrogen-bond donors (Lipinski definition) is 1. The van der Waals surface area contributed by atoms with E-state index >= 15 is 0 Å². The summed E-state index contributed by atoms with van der Waals surface area (Å²) in [6.07, 6.45) is 3.03. The molecule has 12 nitrogen and oxygen atoms in total. The van der Waals surface area contributed by atoms with Crippen LogP contribution in [0.25, 0.3) is 22.4 Å². The zero-order valence-corrected chi connectivity index (χ0v) is 24.7. The van der Waals surface area contributed by atoms with Gasteiger partial charge in [-0.15, -0.1) is 0 Å². The van der Waals surface area contributed by atoms with Gasteiger partial charge < -0.3 is 19.2 Å². The molecule has 13 heteroatoms. The van der Waals surface area contributed by atoms with E-state index in [2.05, 4.69) is 10.1 Å². The van der Waals surface area contributed by atoms with Crippen LogP contribution in [-0.4, -0.2) is 78.5 Å². The average molecular weight is 578 g/mol. The van der Waals surface area contributed by atoms with Gasteiger partial charge in [-0.2, -0.15) is 9.40 Å². The molecule has 0 saturated heterocycles. The van der Waals surface area contributed by atoms with Crippen molar-refractivity contribution in [2.24, 2.45) is 7.05 Å². The van der Waals surface area contributed by atoms with E-state index in [9.17, 15) is 18.0 Å². The molecule has 1 aromatic carbocycles. The maximum Gasteiger partial charge on any atom is 0.302 e. The van der Waals surface area contributed by atoms with Gasteiger partial charge in [0.25, 0.3) is 5.56 Å². The smallest absolute Gasteiger partial charge is 0.302 e. The predicted molar refractivity (Wildman–Crippen MR) is 151 cm³/mol. The molecule has 1 N–H and O–H groups in total. The summed E-state index contributed by atoms with van der Waals surface area (Å²) in [6, 6.07) is 4.56. The van der Waals surface area contributed by atoms with E-state index in [0.29, 0.717) is 60.5 Å². The van der Waals surface area contributed by atoms with Crippen LogP contribution in [0.1, 0.15) is 52.1 Å². The fourth-order valence-corrected chi connectivity index (χ4v) is 5.86. The molecule has 2 aromatic heterocycles. The molecule has 0 radical (unpaired) electrons. The second-order valence-corrected chi connectivity index (χ2v) is 11.3. The Kier molecular flexibility index (Phi) is 11.2. The van der Waals surface area contributed by atoms with Gasteiger partial charge in [0, 0.05) is 40.8 Å². The molecule has 0 amide bonds. The maximum atomic E-state index is 13.8. The number of ether oxygens (including phenoxy) is 3. The lowest BCUT2D eigenvalue weighted by Crippen LogP contribution is -2.34. The molecule has 3 aromatic rings. The first kappa shape index (κ1) is 31.2. The number of hydrogen-bond acceptors (Lipinski definition) is 9. The average Bonchev–Trinajstić information content (AvgIpc) is 3.23. The Morgan fingerprint density at radius 1 is 1.10 bits per heavy atom. The number of nitrogens with one attached hydrogen (secondary N) is 1. The number of aromatic amines is 1. The third-order valence-electron chi connectivity index (χ3n) is 6.17. The van der Waals surface area contributed by atoms with Crippen molar-refractivity contribution in [3.8, 4) is 17.1 Å². The SMILES string of the molecule is CCCOc1ccc(S(=O)(=O)N(CCCOC)CCCOC(C)=O)cc1-c1nc2c(CCC)nn(C)c2c(=O)[nH]1. The number of benzene rings is 1. The summed E-state index contributed by atoms with van der Waals surface area (Å²) in [7, 11) is -0.719. The minimum absolute atomic E-state index is 0.0268. The highest BCUT2D eigenvalue weighted by Crippen LogP contribution is 2.32. The molecule has 0 spiro atoms. The van der Waals surface area contributed by atoms with Crippen molar-refractivity contribution < 1.29 is 27.4 Å². The molecule has 0 fully saturated rings. The highest BCUT2D eigenvalue weighted by molar-refractivity contribution is 7.89. The van der Waals surface area contributed by atoms with Crippen LogP contribution >= 0.6 is 0 Å². The summed E-state index contributed by atoms with van der Waals surface area (Å²) in [6.45, 7) is 6.56. The monoisotopic (exact) mass is 577 g/mol. The summed E-state index contributed by atoms with van der Waals surface area (Å²) in [5.41, 5.74) is 1.51. The number of carbonyl (C=O) groups excluding carboxylic acids is 1. The molecule has 40 heavy (non-hydrogen) atoms. The fourth-order valence-electron chi connectivity index (χ4n) is 4.32. The highest BCUT2D eigenvalue weighted by atomic mass is 32.2. The van der Waals surface area contributed by atoms with Gasteiger partial charge in [-0.25, -0.2) is 13.4 Å². The van der Waals surface area contributed by atoms with E-state index < -0.39 is 16.0 Å². The lowest BCUT2D eigenvalue weighted by atomic mass is 10.1. The first-order chi connectivity index (χ1) is 19.1. The van der Waals surface area contributed by atoms with Crippen LogP contribution in [0.15, 0.2) is 27.9 Å². The quantitative estimate of drug-likeness (QED) is 0.200. The van der Waals surface area contributed by atoms with Crippen LogP contribution in [0.5, 0.6) is 5.75 Å². The van der Waals surface area contributed by atoms with Gasteiger partial charge in [-0.05, 0) is 43.9 Å². The molecule has 0 aliphatic rings. The molecular weight excluding hydrogens is 538 g/mol. The number of sulfonamides is 1. The highest BCUT2D eigenvalue weighted by Gasteiger charge is 2.26. The summed E-state index contributed by atoms with van der Waals surface area (Å²) in [4.78, 5) is 31.8. The van der Waals surface area contributed by atoms with Crippen molar-refractivity contribution in [3.63, 3.8) is 0 Å². The van der Waals surface area contributed by atoms with Gasteiger partial charge >= 0.3 is 5.97 Å². The zero-order chi connectivity index (χ0) is 29.3. The van der Waals surface area contributed by atoms with Gasteiger partial charge in [0.05, 0.1) is 29.4 Å². The molecule has 0 unspecified atom stereocenters. The van der Waals surface area contributed by atoms with Gasteiger partial charge in [0.2, 0.25) is 10.0 Å². The number of carbonyl (C=O) groups is 1. The normalized spacial score (nSPS) is 11.8. The number of nitrogens with zero attached hydrogens (tertiary/aromatic N) is 4. The van der Waals surface area contributed by atoms with E-state index in [-0.39, 0.29) is 36.0 Å². The first-order valence-electron chi connectivity index (χ1n) is 13.5. The van der Waals surface area contributed by atoms with Crippen LogP contribution in [0.4, 0.5) is 0 Å². The Labute approximate surface area is 234 Å². The first-order valence-corrected chi connectivity index (χ1v) is 14.9. The Hall–Kier alpha value is -3.29. The third-order valence-corrected chi connectivity index (χ3v) is 8.06. The van der Waals surface area contributed by atoms with Crippen LogP contribution in [-0.2, 0) is 37.8 Å². The zero-order valence-electron chi connectivity index (χ0n) is 23.9. The topological polar surface area (TPSA) is 146 Å². The van der Waals surface area contributed by atoms with Crippen LogP contribution in [0, 0.1) is 0 Å². The molecule has 0 bridgehead atoms. The Balaban J connectivity index is 2.09. The minimum atomic E-state index is -3.97. The van der Waals surface area contributed by atoms with Crippen LogP contribution in [0.2, 0.25) is 0 Å². The Bertz CT molecular complexity index is 1470. The number of aryl methyl sites for hydroxylation is 2. The van der Waals surface area contributed by atoms with E-state index in [1.165, 1.54) is 28.0 Å². The minimum Gasteiger partial charge on any atom is -0.493 e. The summed E-state index contributed by atoms with van der Waals surface area (Å²) < 4.78 is 46.5. The molecule has 0 aliphatic heterocycles. The number of methoxy groups -OCH3 is 1. The van der Waals surface area contributed by atoms with Gasteiger partial charge in [-0.3, -0.25) is 14.3 Å². The lowest BCUT2D eigenvalue weighted by molar-refractivity contribution is -0.141. The van der Waals surface area contributed by atoms with Gasteiger partial charge in [0.15, 0.2) is 5.52 Å². The molecular formula is C27H39N5O7S. The maximum absolute atomic E-state index is 13.8. The van der Waals surface area contributed by atoms with E-state index in [1.54, 1.807) is 20.2 Å².